The predicted molar refractivity (Wildman–Crippen MR) is 134 cm³/mol. The van der Waals surface area contributed by atoms with E-state index in [1.165, 1.54) is 11.6 Å². The maximum Gasteiger partial charge on any atom is 0.330 e. The molecule has 1 unspecified atom stereocenters. The van der Waals surface area contributed by atoms with E-state index in [0.717, 1.165) is 5.56 Å². The average molecular weight is 468 g/mol. The molecule has 0 aliphatic heterocycles. The average Bonchev–Trinajstić information content (AvgIpc) is 3.30. The Morgan fingerprint density at radius 2 is 1.82 bits per heavy atom. The van der Waals surface area contributed by atoms with Crippen LogP contribution in [0.25, 0.3) is 6.08 Å². The van der Waals surface area contributed by atoms with Crippen molar-refractivity contribution in [3.63, 3.8) is 0 Å². The summed E-state index contributed by atoms with van der Waals surface area (Å²) in [4.78, 5) is 28.3. The zero-order chi connectivity index (χ0) is 25.1. The number of hydrogen-bond acceptors (Lipinski definition) is 6. The number of hydrogen-bond donors (Lipinski definition) is 1. The van der Waals surface area contributed by atoms with Gasteiger partial charge in [0, 0.05) is 25.0 Å². The Labute approximate surface area is 202 Å². The minimum Gasteiger partial charge on any atom is -0.459 e. The van der Waals surface area contributed by atoms with Crippen LogP contribution in [-0.2, 0) is 19.1 Å². The molecular weight excluding hydrogens is 430 g/mol. The van der Waals surface area contributed by atoms with E-state index in [1.807, 2.05) is 63.6 Å². The fourth-order valence-electron chi connectivity index (χ4n) is 3.23. The summed E-state index contributed by atoms with van der Waals surface area (Å²) in [5.41, 5.74) is 1.67. The number of ether oxygens (including phenoxy) is 2. The Kier molecular flexibility index (Phi) is 10.3. The van der Waals surface area contributed by atoms with Crippen LogP contribution in [-0.4, -0.2) is 46.3 Å². The minimum atomic E-state index is -0.542. The Morgan fingerprint density at radius 1 is 1.12 bits per heavy atom. The number of benzene rings is 1. The molecule has 1 N–H and O–H groups in total. The molecule has 0 aliphatic carbocycles. The molecule has 7 nitrogen and oxygen atoms in total. The molecule has 2 atom stereocenters. The topological polar surface area (TPSA) is 82.5 Å². The normalized spacial score (nSPS) is 14.0. The molecule has 0 saturated heterocycles. The van der Waals surface area contributed by atoms with Crippen LogP contribution in [0.3, 0.4) is 0 Å². The van der Waals surface area contributed by atoms with Gasteiger partial charge in [-0.1, -0.05) is 50.3 Å². The number of nitrogens with one attached hydrogen (secondary N) is 1. The summed E-state index contributed by atoms with van der Waals surface area (Å²) in [6.45, 7) is 12.1. The number of carbonyl (C=O) groups excluding carboxylic acids is 2. The SMILES string of the molecule is CC(C)[C@H](NCC=CC(=O)OCC=Cc1ccc(C(C)n2ccnc2)cc1)C(=O)OC(C)(C)C. The molecule has 0 bridgehead atoms. The van der Waals surface area contributed by atoms with Gasteiger partial charge in [-0.3, -0.25) is 4.79 Å². The molecule has 34 heavy (non-hydrogen) atoms. The second-order valence-corrected chi connectivity index (χ2v) is 9.45. The third kappa shape index (κ3) is 9.35. The fraction of sp³-hybridized carbons (Fsp3) is 0.444. The molecule has 0 fully saturated rings. The second kappa shape index (κ2) is 12.9. The van der Waals surface area contributed by atoms with Crippen molar-refractivity contribution in [1.29, 1.82) is 0 Å². The Balaban J connectivity index is 1.73. The maximum absolute atomic E-state index is 12.3. The number of aromatic nitrogens is 2. The van der Waals surface area contributed by atoms with Crippen LogP contribution >= 0.6 is 0 Å². The monoisotopic (exact) mass is 467 g/mol. The van der Waals surface area contributed by atoms with Crippen LogP contribution in [0.15, 0.2) is 61.2 Å². The van der Waals surface area contributed by atoms with Crippen LogP contribution in [0.1, 0.15) is 58.7 Å². The van der Waals surface area contributed by atoms with Gasteiger partial charge in [0.25, 0.3) is 0 Å². The fourth-order valence-corrected chi connectivity index (χ4v) is 3.23. The molecule has 0 saturated carbocycles. The summed E-state index contributed by atoms with van der Waals surface area (Å²) in [7, 11) is 0. The van der Waals surface area contributed by atoms with Crippen molar-refractivity contribution in [3.8, 4) is 0 Å². The first-order valence-electron chi connectivity index (χ1n) is 11.6. The summed E-state index contributed by atoms with van der Waals surface area (Å²) < 4.78 is 12.7. The quantitative estimate of drug-likeness (QED) is 0.385. The van der Waals surface area contributed by atoms with E-state index >= 15 is 0 Å². The smallest absolute Gasteiger partial charge is 0.330 e. The van der Waals surface area contributed by atoms with Gasteiger partial charge in [-0.05, 0) is 50.8 Å². The highest BCUT2D eigenvalue weighted by Gasteiger charge is 2.26. The van der Waals surface area contributed by atoms with Gasteiger partial charge >= 0.3 is 11.9 Å². The third-order valence-electron chi connectivity index (χ3n) is 5.06. The van der Waals surface area contributed by atoms with E-state index in [4.69, 9.17) is 9.47 Å². The van der Waals surface area contributed by atoms with Gasteiger partial charge < -0.3 is 19.4 Å². The first-order chi connectivity index (χ1) is 16.1. The van der Waals surface area contributed by atoms with Crippen LogP contribution < -0.4 is 5.32 Å². The Bertz CT molecular complexity index is 955. The van der Waals surface area contributed by atoms with E-state index in [1.54, 1.807) is 24.7 Å². The zero-order valence-electron chi connectivity index (χ0n) is 21.0. The molecule has 2 aromatic rings. The Hall–Kier alpha value is -3.19. The van der Waals surface area contributed by atoms with Gasteiger partial charge in [0.15, 0.2) is 0 Å². The van der Waals surface area contributed by atoms with Crippen LogP contribution in [0, 0.1) is 5.92 Å². The highest BCUT2D eigenvalue weighted by molar-refractivity contribution is 5.82. The summed E-state index contributed by atoms with van der Waals surface area (Å²) in [6, 6.07) is 7.98. The molecule has 1 heterocycles. The van der Waals surface area contributed by atoms with Gasteiger partial charge in [-0.15, -0.1) is 0 Å². The van der Waals surface area contributed by atoms with E-state index < -0.39 is 17.6 Å². The van der Waals surface area contributed by atoms with E-state index in [2.05, 4.69) is 29.4 Å². The molecule has 0 radical (unpaired) electrons. The predicted octanol–water partition coefficient (Wildman–Crippen LogP) is 4.56. The van der Waals surface area contributed by atoms with E-state index in [0.29, 0.717) is 6.54 Å². The lowest BCUT2D eigenvalue weighted by atomic mass is 10.0. The van der Waals surface area contributed by atoms with Crippen LogP contribution in [0.4, 0.5) is 0 Å². The van der Waals surface area contributed by atoms with Gasteiger partial charge in [-0.25, -0.2) is 9.78 Å². The number of nitrogens with zero attached hydrogens (tertiary/aromatic N) is 2. The van der Waals surface area contributed by atoms with Crippen LogP contribution in [0.2, 0.25) is 0 Å². The summed E-state index contributed by atoms with van der Waals surface area (Å²) in [5, 5.41) is 3.12. The lowest BCUT2D eigenvalue weighted by Crippen LogP contribution is -2.44. The van der Waals surface area contributed by atoms with Gasteiger partial charge in [0.05, 0.1) is 12.4 Å². The lowest BCUT2D eigenvalue weighted by molar-refractivity contribution is -0.158. The van der Waals surface area contributed by atoms with Crippen molar-refractivity contribution in [2.45, 2.75) is 59.2 Å². The number of carbonyl (C=O) groups is 2. The minimum absolute atomic E-state index is 0.0588. The van der Waals surface area contributed by atoms with Crippen molar-refractivity contribution >= 4 is 18.0 Å². The van der Waals surface area contributed by atoms with E-state index in [9.17, 15) is 9.59 Å². The van der Waals surface area contributed by atoms with E-state index in [-0.39, 0.29) is 24.5 Å². The standard InChI is InChI=1S/C27H37N3O4/c1-20(2)25(26(32)34-27(4,5)6)29-15-7-10-24(31)33-18-8-9-22-11-13-23(14-12-22)21(3)30-17-16-28-19-30/h7-14,16-17,19-21,25,29H,15,18H2,1-6H3/t21?,25-/m0/s1. The van der Waals surface area contributed by atoms with Crippen molar-refractivity contribution in [3.05, 3.63) is 72.3 Å². The highest BCUT2D eigenvalue weighted by Crippen LogP contribution is 2.18. The molecule has 184 valence electrons. The zero-order valence-corrected chi connectivity index (χ0v) is 21.0. The second-order valence-electron chi connectivity index (χ2n) is 9.45. The first kappa shape index (κ1) is 27.1. The van der Waals surface area contributed by atoms with Crippen molar-refractivity contribution in [2.75, 3.05) is 13.2 Å². The molecular formula is C27H37N3O4. The molecule has 1 aromatic heterocycles. The van der Waals surface area contributed by atoms with Crippen molar-refractivity contribution in [2.24, 2.45) is 5.92 Å². The molecule has 2 rings (SSSR count). The van der Waals surface area contributed by atoms with Crippen molar-refractivity contribution in [1.82, 2.24) is 14.9 Å². The molecule has 1 aromatic carbocycles. The lowest BCUT2D eigenvalue weighted by Gasteiger charge is -2.26. The van der Waals surface area contributed by atoms with Crippen LogP contribution in [0.5, 0.6) is 0 Å². The van der Waals surface area contributed by atoms with Gasteiger partial charge in [0.2, 0.25) is 0 Å². The maximum atomic E-state index is 12.3. The van der Waals surface area contributed by atoms with Crippen molar-refractivity contribution < 1.29 is 19.1 Å². The summed E-state index contributed by atoms with van der Waals surface area (Å²) in [6.07, 6.45) is 12.2. The number of rotatable bonds is 11. The molecule has 7 heteroatoms. The van der Waals surface area contributed by atoms with Gasteiger partial charge in [0.1, 0.15) is 18.2 Å². The highest BCUT2D eigenvalue weighted by atomic mass is 16.6. The van der Waals surface area contributed by atoms with Gasteiger partial charge in [-0.2, -0.15) is 0 Å². The first-order valence-corrected chi connectivity index (χ1v) is 11.6. The summed E-state index contributed by atoms with van der Waals surface area (Å²) >= 11 is 0. The number of imidazole rings is 1. The summed E-state index contributed by atoms with van der Waals surface area (Å²) in [5.74, 6) is -0.675. The number of esters is 2. The third-order valence-corrected chi connectivity index (χ3v) is 5.06. The molecule has 0 aliphatic rings. The Morgan fingerprint density at radius 3 is 2.41 bits per heavy atom. The molecule has 0 amide bonds. The largest absolute Gasteiger partial charge is 0.459 e. The molecule has 0 spiro atoms.